The summed E-state index contributed by atoms with van der Waals surface area (Å²) >= 11 is 0. The summed E-state index contributed by atoms with van der Waals surface area (Å²) in [5.74, 6) is 0. The Morgan fingerprint density at radius 1 is 1.50 bits per heavy atom. The Morgan fingerprint density at radius 3 is 2.89 bits per heavy atom. The van der Waals surface area contributed by atoms with Crippen molar-refractivity contribution in [1.82, 2.24) is 14.7 Å². The molecule has 5 heteroatoms. The number of aromatic nitrogens is 2. The van der Waals surface area contributed by atoms with Crippen LogP contribution in [-0.2, 0) is 11.3 Å². The van der Waals surface area contributed by atoms with Gasteiger partial charge in [0.25, 0.3) is 0 Å². The Kier molecular flexibility index (Phi) is 4.04. The van der Waals surface area contributed by atoms with Crippen molar-refractivity contribution >= 4 is 0 Å². The third-order valence-corrected chi connectivity index (χ3v) is 3.16. The first-order chi connectivity index (χ1) is 8.48. The fraction of sp³-hybridized carbons (Fsp3) is 0.769. The second-order valence-electron chi connectivity index (χ2n) is 5.70. The SMILES string of the molecule is Cc1cnn(CCN2CC(CO)OC(C)(C)C2)c1. The Hall–Kier alpha value is -0.910. The standard InChI is InChI=1S/C13H23N3O2/c1-11-6-14-16(7-11)5-4-15-8-12(9-17)18-13(2,3)10-15/h6-7,12,17H,4-5,8-10H2,1-3H3. The van der Waals surface area contributed by atoms with Gasteiger partial charge in [0.15, 0.2) is 0 Å². The van der Waals surface area contributed by atoms with Crippen molar-refractivity contribution in [2.45, 2.75) is 39.0 Å². The van der Waals surface area contributed by atoms with Gasteiger partial charge < -0.3 is 9.84 Å². The number of hydrogen-bond donors (Lipinski definition) is 1. The number of nitrogens with zero attached hydrogens (tertiary/aromatic N) is 3. The van der Waals surface area contributed by atoms with Crippen molar-refractivity contribution in [2.24, 2.45) is 0 Å². The number of aryl methyl sites for hydroxylation is 1. The summed E-state index contributed by atoms with van der Waals surface area (Å²) in [6, 6.07) is 0. The third kappa shape index (κ3) is 3.54. The molecular formula is C13H23N3O2. The van der Waals surface area contributed by atoms with Gasteiger partial charge in [-0.3, -0.25) is 9.58 Å². The molecule has 1 unspecified atom stereocenters. The first-order valence-corrected chi connectivity index (χ1v) is 6.48. The minimum atomic E-state index is -0.189. The summed E-state index contributed by atoms with van der Waals surface area (Å²) in [6.07, 6.45) is 3.85. The van der Waals surface area contributed by atoms with Gasteiger partial charge in [-0.05, 0) is 26.3 Å². The van der Waals surface area contributed by atoms with Gasteiger partial charge in [-0.25, -0.2) is 0 Å². The molecule has 1 aliphatic rings. The summed E-state index contributed by atoms with van der Waals surface area (Å²) in [5, 5.41) is 13.5. The van der Waals surface area contributed by atoms with Crippen LogP contribution in [0.1, 0.15) is 19.4 Å². The highest BCUT2D eigenvalue weighted by Gasteiger charge is 2.32. The summed E-state index contributed by atoms with van der Waals surface area (Å²) in [6.45, 7) is 9.76. The molecule has 0 spiro atoms. The first-order valence-electron chi connectivity index (χ1n) is 6.48. The zero-order chi connectivity index (χ0) is 13.2. The molecule has 1 atom stereocenters. The van der Waals surface area contributed by atoms with Crippen LogP contribution in [0.5, 0.6) is 0 Å². The summed E-state index contributed by atoms with van der Waals surface area (Å²) in [5.41, 5.74) is 0.997. The molecule has 0 radical (unpaired) electrons. The van der Waals surface area contributed by atoms with Crippen LogP contribution < -0.4 is 0 Å². The maximum Gasteiger partial charge on any atom is 0.0940 e. The zero-order valence-electron chi connectivity index (χ0n) is 11.5. The van der Waals surface area contributed by atoms with E-state index in [0.717, 1.165) is 26.2 Å². The summed E-state index contributed by atoms with van der Waals surface area (Å²) in [7, 11) is 0. The quantitative estimate of drug-likeness (QED) is 0.856. The average molecular weight is 253 g/mol. The molecule has 1 aliphatic heterocycles. The van der Waals surface area contributed by atoms with Gasteiger partial charge in [-0.15, -0.1) is 0 Å². The molecule has 2 rings (SSSR count). The van der Waals surface area contributed by atoms with E-state index in [9.17, 15) is 5.11 Å². The topological polar surface area (TPSA) is 50.5 Å². The minimum Gasteiger partial charge on any atom is -0.394 e. The number of aliphatic hydroxyl groups excluding tert-OH is 1. The van der Waals surface area contributed by atoms with E-state index in [0.29, 0.717) is 0 Å². The van der Waals surface area contributed by atoms with E-state index in [1.165, 1.54) is 5.56 Å². The molecule has 1 N–H and O–H groups in total. The number of ether oxygens (including phenoxy) is 1. The van der Waals surface area contributed by atoms with E-state index in [4.69, 9.17) is 4.74 Å². The molecule has 5 nitrogen and oxygen atoms in total. The van der Waals surface area contributed by atoms with Crippen molar-refractivity contribution in [2.75, 3.05) is 26.2 Å². The largest absolute Gasteiger partial charge is 0.394 e. The molecule has 1 aromatic heterocycles. The van der Waals surface area contributed by atoms with Crippen LogP contribution in [0.3, 0.4) is 0 Å². The number of morpholine rings is 1. The maximum atomic E-state index is 9.26. The lowest BCUT2D eigenvalue weighted by Crippen LogP contribution is -2.54. The van der Waals surface area contributed by atoms with Crippen LogP contribution in [0.25, 0.3) is 0 Å². The van der Waals surface area contributed by atoms with Crippen LogP contribution >= 0.6 is 0 Å². The van der Waals surface area contributed by atoms with Gasteiger partial charge in [0, 0.05) is 25.8 Å². The van der Waals surface area contributed by atoms with Crippen LogP contribution in [0.2, 0.25) is 0 Å². The molecule has 102 valence electrons. The number of hydrogen-bond acceptors (Lipinski definition) is 4. The van der Waals surface area contributed by atoms with E-state index in [1.807, 2.05) is 17.8 Å². The minimum absolute atomic E-state index is 0.0758. The van der Waals surface area contributed by atoms with Gasteiger partial charge in [-0.2, -0.15) is 5.10 Å². The van der Waals surface area contributed by atoms with Crippen molar-refractivity contribution in [3.8, 4) is 0 Å². The fourth-order valence-corrected chi connectivity index (χ4v) is 2.52. The van der Waals surface area contributed by atoms with Gasteiger partial charge in [-0.1, -0.05) is 0 Å². The summed E-state index contributed by atoms with van der Waals surface area (Å²) in [4.78, 5) is 2.33. The first kappa shape index (κ1) is 13.5. The molecule has 0 aliphatic carbocycles. The molecule has 0 amide bonds. The highest BCUT2D eigenvalue weighted by atomic mass is 16.5. The van der Waals surface area contributed by atoms with E-state index in [1.54, 1.807) is 0 Å². The van der Waals surface area contributed by atoms with Crippen molar-refractivity contribution in [3.63, 3.8) is 0 Å². The molecule has 18 heavy (non-hydrogen) atoms. The highest BCUT2D eigenvalue weighted by Crippen LogP contribution is 2.20. The number of aliphatic hydroxyl groups is 1. The van der Waals surface area contributed by atoms with E-state index in [2.05, 4.69) is 30.0 Å². The lowest BCUT2D eigenvalue weighted by atomic mass is 10.1. The second-order valence-corrected chi connectivity index (χ2v) is 5.70. The predicted molar refractivity (Wildman–Crippen MR) is 69.4 cm³/mol. The number of rotatable bonds is 4. The van der Waals surface area contributed by atoms with E-state index >= 15 is 0 Å². The van der Waals surface area contributed by atoms with Gasteiger partial charge in [0.1, 0.15) is 0 Å². The Balaban J connectivity index is 1.88. The molecule has 0 saturated carbocycles. The normalized spacial score (nSPS) is 24.3. The fourth-order valence-electron chi connectivity index (χ4n) is 2.52. The lowest BCUT2D eigenvalue weighted by molar-refractivity contribution is -0.149. The molecule has 1 fully saturated rings. The molecule has 1 saturated heterocycles. The van der Waals surface area contributed by atoms with Crippen molar-refractivity contribution in [3.05, 3.63) is 18.0 Å². The van der Waals surface area contributed by atoms with Crippen LogP contribution in [0.15, 0.2) is 12.4 Å². The molecule has 0 aromatic carbocycles. The predicted octanol–water partition coefficient (Wildman–Crippen LogP) is 0.663. The van der Waals surface area contributed by atoms with Crippen LogP contribution in [0.4, 0.5) is 0 Å². The zero-order valence-corrected chi connectivity index (χ0v) is 11.5. The summed E-state index contributed by atoms with van der Waals surface area (Å²) < 4.78 is 7.76. The van der Waals surface area contributed by atoms with Gasteiger partial charge in [0.2, 0.25) is 0 Å². The molecule has 1 aromatic rings. The molecule has 0 bridgehead atoms. The van der Waals surface area contributed by atoms with E-state index in [-0.39, 0.29) is 18.3 Å². The van der Waals surface area contributed by atoms with Crippen molar-refractivity contribution < 1.29 is 9.84 Å². The second kappa shape index (κ2) is 5.38. The van der Waals surface area contributed by atoms with Gasteiger partial charge >= 0.3 is 0 Å². The van der Waals surface area contributed by atoms with Crippen LogP contribution in [0, 0.1) is 6.92 Å². The average Bonchev–Trinajstić information content (AvgIpc) is 2.70. The smallest absolute Gasteiger partial charge is 0.0940 e. The maximum absolute atomic E-state index is 9.26. The Bertz CT molecular complexity index is 389. The lowest BCUT2D eigenvalue weighted by Gasteiger charge is -2.42. The van der Waals surface area contributed by atoms with E-state index < -0.39 is 0 Å². The third-order valence-electron chi connectivity index (χ3n) is 3.16. The van der Waals surface area contributed by atoms with Crippen molar-refractivity contribution in [1.29, 1.82) is 0 Å². The monoisotopic (exact) mass is 253 g/mol. The Labute approximate surface area is 108 Å². The van der Waals surface area contributed by atoms with Crippen LogP contribution in [-0.4, -0.2) is 57.7 Å². The Morgan fingerprint density at radius 2 is 2.28 bits per heavy atom. The molecule has 2 heterocycles. The van der Waals surface area contributed by atoms with Gasteiger partial charge in [0.05, 0.1) is 31.1 Å². The highest BCUT2D eigenvalue weighted by molar-refractivity contribution is 4.99. The molecular weight excluding hydrogens is 230 g/mol.